The van der Waals surface area contributed by atoms with Gasteiger partial charge in [-0.2, -0.15) is 0 Å². The molecule has 0 N–H and O–H groups in total. The van der Waals surface area contributed by atoms with Gasteiger partial charge < -0.3 is 0 Å². The minimum Gasteiger partial charge on any atom is -0.270 e. The minimum atomic E-state index is -0.599. The molecule has 0 aliphatic carbocycles. The Bertz CT molecular complexity index is 1140. The largest absolute Gasteiger partial charge is 0.270 e. The SMILES string of the molecule is Cc1ccccc1-n1c(SCc2c(F)cccc2F)nnc1-c1ccc(F)cc1. The fourth-order valence-electron chi connectivity index (χ4n) is 2.99. The maximum Gasteiger partial charge on any atom is 0.196 e. The van der Waals surface area contributed by atoms with E-state index >= 15 is 0 Å². The Morgan fingerprint density at radius 1 is 0.828 bits per heavy atom. The Hall–Kier alpha value is -3.06. The van der Waals surface area contributed by atoms with E-state index in [1.165, 1.54) is 42.1 Å². The highest BCUT2D eigenvalue weighted by atomic mass is 32.2. The summed E-state index contributed by atoms with van der Waals surface area (Å²) in [6, 6.07) is 17.4. The molecule has 3 aromatic carbocycles. The highest BCUT2D eigenvalue weighted by molar-refractivity contribution is 7.98. The van der Waals surface area contributed by atoms with Crippen LogP contribution in [0.25, 0.3) is 17.1 Å². The highest BCUT2D eigenvalue weighted by Crippen LogP contribution is 2.32. The van der Waals surface area contributed by atoms with Gasteiger partial charge in [0.1, 0.15) is 17.5 Å². The summed E-state index contributed by atoms with van der Waals surface area (Å²) in [5.74, 6) is -0.959. The summed E-state index contributed by atoms with van der Waals surface area (Å²) in [6.45, 7) is 1.95. The lowest BCUT2D eigenvalue weighted by atomic mass is 10.1. The number of halogens is 3. The van der Waals surface area contributed by atoms with Crippen molar-refractivity contribution in [2.75, 3.05) is 0 Å². The predicted molar refractivity (Wildman–Crippen MR) is 107 cm³/mol. The molecule has 4 rings (SSSR count). The van der Waals surface area contributed by atoms with Crippen molar-refractivity contribution in [3.05, 3.63) is 95.3 Å². The van der Waals surface area contributed by atoms with Crippen LogP contribution in [0.2, 0.25) is 0 Å². The van der Waals surface area contributed by atoms with E-state index in [9.17, 15) is 13.2 Å². The van der Waals surface area contributed by atoms with Crippen LogP contribution in [0, 0.1) is 24.4 Å². The monoisotopic (exact) mass is 411 g/mol. The van der Waals surface area contributed by atoms with Gasteiger partial charge in [-0.1, -0.05) is 36.0 Å². The van der Waals surface area contributed by atoms with E-state index in [4.69, 9.17) is 0 Å². The van der Waals surface area contributed by atoms with Crippen LogP contribution >= 0.6 is 11.8 Å². The second kappa shape index (κ2) is 8.13. The fourth-order valence-corrected chi connectivity index (χ4v) is 3.95. The standard InChI is InChI=1S/C22H16F3N3S/c1-14-5-2-3-8-20(14)28-21(15-9-11-16(23)12-10-15)26-27-22(28)29-13-17-18(24)6-4-7-19(17)25/h2-12H,13H2,1H3. The molecule has 1 aromatic heterocycles. The Balaban J connectivity index is 1.78. The minimum absolute atomic E-state index is 0.0137. The summed E-state index contributed by atoms with van der Waals surface area (Å²) in [6.07, 6.45) is 0. The van der Waals surface area contributed by atoms with Crippen LogP contribution in [-0.2, 0) is 5.75 Å². The summed E-state index contributed by atoms with van der Waals surface area (Å²) in [7, 11) is 0. The summed E-state index contributed by atoms with van der Waals surface area (Å²) in [5, 5.41) is 9.00. The van der Waals surface area contributed by atoms with Crippen LogP contribution < -0.4 is 0 Å². The summed E-state index contributed by atoms with van der Waals surface area (Å²) in [5.41, 5.74) is 2.49. The number of para-hydroxylation sites is 1. The molecule has 0 saturated heterocycles. The molecule has 0 spiro atoms. The van der Waals surface area contributed by atoms with Gasteiger partial charge in [-0.15, -0.1) is 10.2 Å². The van der Waals surface area contributed by atoms with E-state index in [1.807, 2.05) is 35.8 Å². The van der Waals surface area contributed by atoms with Crippen molar-refractivity contribution in [1.29, 1.82) is 0 Å². The van der Waals surface area contributed by atoms with E-state index in [2.05, 4.69) is 10.2 Å². The first-order valence-electron chi connectivity index (χ1n) is 8.87. The number of nitrogens with zero attached hydrogens (tertiary/aromatic N) is 3. The normalized spacial score (nSPS) is 11.0. The lowest BCUT2D eigenvalue weighted by Crippen LogP contribution is -2.02. The molecule has 7 heteroatoms. The predicted octanol–water partition coefficient (Wildman–Crippen LogP) is 5.95. The molecular weight excluding hydrogens is 395 g/mol. The lowest BCUT2D eigenvalue weighted by molar-refractivity contribution is 0.566. The lowest BCUT2D eigenvalue weighted by Gasteiger charge is -2.13. The van der Waals surface area contributed by atoms with Gasteiger partial charge in [-0.05, 0) is 55.0 Å². The number of hydrogen-bond acceptors (Lipinski definition) is 3. The number of rotatable bonds is 5. The van der Waals surface area contributed by atoms with Gasteiger partial charge in [-0.25, -0.2) is 13.2 Å². The van der Waals surface area contributed by atoms with Gasteiger partial charge in [0.15, 0.2) is 11.0 Å². The smallest absolute Gasteiger partial charge is 0.196 e. The molecule has 0 aliphatic heterocycles. The van der Waals surface area contributed by atoms with Crippen LogP contribution in [0.5, 0.6) is 0 Å². The first-order valence-corrected chi connectivity index (χ1v) is 9.86. The number of aryl methyl sites for hydroxylation is 1. The van der Waals surface area contributed by atoms with E-state index in [0.717, 1.165) is 11.3 Å². The molecule has 4 aromatic rings. The third kappa shape index (κ3) is 3.91. The number of aromatic nitrogens is 3. The van der Waals surface area contributed by atoms with Gasteiger partial charge in [-0.3, -0.25) is 4.57 Å². The molecule has 1 heterocycles. The van der Waals surface area contributed by atoms with Crippen LogP contribution in [0.15, 0.2) is 71.9 Å². The van der Waals surface area contributed by atoms with Crippen molar-refractivity contribution < 1.29 is 13.2 Å². The summed E-state index contributed by atoms with van der Waals surface area (Å²) < 4.78 is 43.2. The first kappa shape index (κ1) is 19.3. The van der Waals surface area contributed by atoms with Crippen molar-refractivity contribution in [1.82, 2.24) is 14.8 Å². The van der Waals surface area contributed by atoms with Gasteiger partial charge in [0.25, 0.3) is 0 Å². The maximum atomic E-state index is 14.0. The van der Waals surface area contributed by atoms with Crippen LogP contribution in [0.1, 0.15) is 11.1 Å². The van der Waals surface area contributed by atoms with Gasteiger partial charge in [0.05, 0.1) is 5.69 Å². The zero-order valence-electron chi connectivity index (χ0n) is 15.4. The molecule has 146 valence electrons. The molecule has 0 saturated carbocycles. The molecule has 0 atom stereocenters. The van der Waals surface area contributed by atoms with E-state index in [1.54, 1.807) is 12.1 Å². The van der Waals surface area contributed by atoms with Crippen LogP contribution in [-0.4, -0.2) is 14.8 Å². The van der Waals surface area contributed by atoms with Crippen LogP contribution in [0.4, 0.5) is 13.2 Å². The molecular formula is C22H16F3N3S. The quantitative estimate of drug-likeness (QED) is 0.380. The Morgan fingerprint density at radius 3 is 2.21 bits per heavy atom. The van der Waals surface area contributed by atoms with Crippen LogP contribution in [0.3, 0.4) is 0 Å². The third-order valence-corrected chi connectivity index (χ3v) is 5.45. The maximum absolute atomic E-state index is 14.0. The molecule has 0 aliphatic rings. The molecule has 29 heavy (non-hydrogen) atoms. The number of hydrogen-bond donors (Lipinski definition) is 0. The highest BCUT2D eigenvalue weighted by Gasteiger charge is 2.19. The molecule has 0 unspecified atom stereocenters. The summed E-state index contributed by atoms with van der Waals surface area (Å²) in [4.78, 5) is 0. The Kier molecular flexibility index (Phi) is 5.40. The fraction of sp³-hybridized carbons (Fsp3) is 0.0909. The first-order chi connectivity index (χ1) is 14.0. The zero-order valence-corrected chi connectivity index (χ0v) is 16.3. The third-order valence-electron chi connectivity index (χ3n) is 4.50. The van der Waals surface area contributed by atoms with Crippen molar-refractivity contribution in [3.63, 3.8) is 0 Å². The molecule has 0 bridgehead atoms. The van der Waals surface area contributed by atoms with Gasteiger partial charge in [0, 0.05) is 16.9 Å². The zero-order chi connectivity index (χ0) is 20.4. The Labute approximate surface area is 170 Å². The molecule has 3 nitrogen and oxygen atoms in total. The second-order valence-electron chi connectivity index (χ2n) is 6.42. The number of thioether (sulfide) groups is 1. The van der Waals surface area contributed by atoms with Crippen molar-refractivity contribution in [2.24, 2.45) is 0 Å². The topological polar surface area (TPSA) is 30.7 Å². The van der Waals surface area contributed by atoms with Crippen molar-refractivity contribution in [2.45, 2.75) is 17.8 Å². The molecule has 0 amide bonds. The van der Waals surface area contributed by atoms with Gasteiger partial charge >= 0.3 is 0 Å². The average Bonchev–Trinajstić information content (AvgIpc) is 3.12. The van der Waals surface area contributed by atoms with Gasteiger partial charge in [0.2, 0.25) is 0 Å². The van der Waals surface area contributed by atoms with Crippen molar-refractivity contribution in [3.8, 4) is 17.1 Å². The van der Waals surface area contributed by atoms with E-state index in [-0.39, 0.29) is 17.1 Å². The Morgan fingerprint density at radius 2 is 1.52 bits per heavy atom. The molecule has 0 fully saturated rings. The van der Waals surface area contributed by atoms with Crippen molar-refractivity contribution >= 4 is 11.8 Å². The second-order valence-corrected chi connectivity index (χ2v) is 7.37. The van der Waals surface area contributed by atoms with E-state index in [0.29, 0.717) is 16.5 Å². The van der Waals surface area contributed by atoms with E-state index < -0.39 is 11.6 Å². The summed E-state index contributed by atoms with van der Waals surface area (Å²) >= 11 is 1.19. The average molecular weight is 411 g/mol. The molecule has 0 radical (unpaired) electrons. The number of benzene rings is 3.